The molecular weight excluding hydrogens is 578 g/mol. The van der Waals surface area contributed by atoms with Crippen LogP contribution < -0.4 is 15.1 Å². The number of carbonyl (C=O) groups is 2. The molecule has 2 saturated heterocycles. The van der Waals surface area contributed by atoms with Crippen LogP contribution in [0.4, 0.5) is 34.8 Å². The van der Waals surface area contributed by atoms with Crippen molar-refractivity contribution in [2.45, 2.75) is 38.4 Å². The molecular formula is C31H35F4N7O2. The summed E-state index contributed by atoms with van der Waals surface area (Å²) in [7, 11) is 1.50. The molecule has 1 aromatic carbocycles. The van der Waals surface area contributed by atoms with Gasteiger partial charge in [0.15, 0.2) is 0 Å². The summed E-state index contributed by atoms with van der Waals surface area (Å²) in [6.45, 7) is 9.44. The van der Waals surface area contributed by atoms with E-state index >= 15 is 4.39 Å². The Morgan fingerprint density at radius 3 is 2.57 bits per heavy atom. The Labute approximate surface area is 253 Å². The van der Waals surface area contributed by atoms with E-state index in [1.165, 1.54) is 37.1 Å². The molecule has 13 heteroatoms. The van der Waals surface area contributed by atoms with Crippen molar-refractivity contribution in [3.63, 3.8) is 0 Å². The number of pyridine rings is 1. The van der Waals surface area contributed by atoms with Crippen LogP contribution in [0.1, 0.15) is 36.1 Å². The number of nitriles is 1. The van der Waals surface area contributed by atoms with Crippen LogP contribution in [-0.2, 0) is 15.8 Å². The number of aryl methyl sites for hydroxylation is 1. The number of halogens is 4. The van der Waals surface area contributed by atoms with E-state index in [1.807, 2.05) is 4.90 Å². The second-order valence-corrected chi connectivity index (χ2v) is 11.9. The lowest BCUT2D eigenvalue weighted by molar-refractivity contribution is -0.141. The minimum atomic E-state index is -4.78. The number of carbonyl (C=O) groups excluding carboxylic acids is 2. The van der Waals surface area contributed by atoms with Gasteiger partial charge in [-0.25, -0.2) is 9.37 Å². The highest BCUT2D eigenvalue weighted by atomic mass is 19.4. The van der Waals surface area contributed by atoms with Crippen LogP contribution in [0.15, 0.2) is 36.9 Å². The highest BCUT2D eigenvalue weighted by molar-refractivity contribution is 6.01. The number of benzene rings is 1. The number of amides is 2. The van der Waals surface area contributed by atoms with Crippen LogP contribution in [-0.4, -0.2) is 85.5 Å². The van der Waals surface area contributed by atoms with Crippen LogP contribution >= 0.6 is 0 Å². The Balaban J connectivity index is 1.33. The van der Waals surface area contributed by atoms with Crippen molar-refractivity contribution in [3.05, 3.63) is 59.6 Å². The van der Waals surface area contributed by atoms with Crippen molar-refractivity contribution in [1.29, 1.82) is 5.26 Å². The number of nitrogens with zero attached hydrogens (tertiary/aromatic N) is 6. The SMILES string of the molecule is C=CC(=O)N1CC2(CCN(CCN3CC[C@H](Nc4nc(C)cc(C(F)(F)F)c4C#N)C(=O)N(C)c4cccc(F)c43)CC2)C1. The van der Waals surface area contributed by atoms with Gasteiger partial charge in [0.25, 0.3) is 0 Å². The predicted molar refractivity (Wildman–Crippen MR) is 158 cm³/mol. The van der Waals surface area contributed by atoms with Crippen LogP contribution in [0.3, 0.4) is 0 Å². The molecule has 1 atom stereocenters. The molecule has 0 aliphatic carbocycles. The summed E-state index contributed by atoms with van der Waals surface area (Å²) in [5, 5.41) is 12.4. The molecule has 1 spiro atoms. The number of aromatic nitrogens is 1. The first kappa shape index (κ1) is 31.3. The Morgan fingerprint density at radius 1 is 1.23 bits per heavy atom. The van der Waals surface area contributed by atoms with Crippen molar-refractivity contribution in [1.82, 2.24) is 14.8 Å². The van der Waals surface area contributed by atoms with Gasteiger partial charge in [0, 0.05) is 50.9 Å². The number of likely N-dealkylation sites (tertiary alicyclic amines) is 2. The lowest BCUT2D eigenvalue weighted by atomic mass is 9.72. The number of alkyl halides is 3. The average Bonchev–Trinajstić information content (AvgIpc) is 2.97. The van der Waals surface area contributed by atoms with E-state index in [0.29, 0.717) is 24.5 Å². The Morgan fingerprint density at radius 2 is 1.93 bits per heavy atom. The quantitative estimate of drug-likeness (QED) is 0.386. The molecule has 3 aliphatic rings. The molecule has 234 valence electrons. The van der Waals surface area contributed by atoms with Crippen molar-refractivity contribution >= 4 is 29.0 Å². The van der Waals surface area contributed by atoms with Crippen LogP contribution in [0.25, 0.3) is 0 Å². The summed E-state index contributed by atoms with van der Waals surface area (Å²) in [6, 6.07) is 5.87. The van der Waals surface area contributed by atoms with Gasteiger partial charge in [-0.1, -0.05) is 12.6 Å². The van der Waals surface area contributed by atoms with Gasteiger partial charge in [0.2, 0.25) is 11.8 Å². The second kappa shape index (κ2) is 12.1. The summed E-state index contributed by atoms with van der Waals surface area (Å²) < 4.78 is 56.5. The molecule has 0 radical (unpaired) electrons. The van der Waals surface area contributed by atoms with Gasteiger partial charge < -0.3 is 24.9 Å². The zero-order valence-corrected chi connectivity index (χ0v) is 24.8. The monoisotopic (exact) mass is 613 g/mol. The molecule has 1 N–H and O–H groups in total. The zero-order chi connectivity index (χ0) is 31.8. The van der Waals surface area contributed by atoms with Gasteiger partial charge in [-0.05, 0) is 63.6 Å². The largest absolute Gasteiger partial charge is 0.417 e. The van der Waals surface area contributed by atoms with E-state index in [0.717, 1.165) is 45.1 Å². The van der Waals surface area contributed by atoms with E-state index in [9.17, 15) is 28.0 Å². The number of piperidine rings is 1. The maximum atomic E-state index is 15.3. The van der Waals surface area contributed by atoms with Gasteiger partial charge in [-0.2, -0.15) is 18.4 Å². The Kier molecular flexibility index (Phi) is 8.57. The number of rotatable bonds is 6. The summed E-state index contributed by atoms with van der Waals surface area (Å²) in [5.74, 6) is -1.32. The zero-order valence-electron chi connectivity index (χ0n) is 24.8. The summed E-state index contributed by atoms with van der Waals surface area (Å²) >= 11 is 0. The first-order chi connectivity index (χ1) is 20.9. The first-order valence-corrected chi connectivity index (χ1v) is 14.6. The molecule has 2 fully saturated rings. The van der Waals surface area contributed by atoms with Crippen molar-refractivity contribution in [2.24, 2.45) is 5.41 Å². The fourth-order valence-electron chi connectivity index (χ4n) is 6.47. The number of likely N-dealkylation sites (N-methyl/N-ethyl adjacent to an activating group) is 1. The third-order valence-corrected chi connectivity index (χ3v) is 8.98. The average molecular weight is 614 g/mol. The van der Waals surface area contributed by atoms with Gasteiger partial charge in [-0.3, -0.25) is 9.59 Å². The topological polar surface area (TPSA) is 95.8 Å². The van der Waals surface area contributed by atoms with E-state index in [-0.39, 0.29) is 35.8 Å². The van der Waals surface area contributed by atoms with Gasteiger partial charge >= 0.3 is 6.18 Å². The fraction of sp³-hybridized carbons (Fsp3) is 0.484. The molecule has 4 heterocycles. The molecule has 1 aromatic heterocycles. The van der Waals surface area contributed by atoms with Crippen molar-refractivity contribution < 1.29 is 27.2 Å². The first-order valence-electron chi connectivity index (χ1n) is 14.6. The van der Waals surface area contributed by atoms with Crippen LogP contribution in [0.5, 0.6) is 0 Å². The molecule has 44 heavy (non-hydrogen) atoms. The number of anilines is 3. The summed E-state index contributed by atoms with van der Waals surface area (Å²) in [5.41, 5.74) is -0.997. The van der Waals surface area contributed by atoms with E-state index in [4.69, 9.17) is 0 Å². The molecule has 2 amide bonds. The highest BCUT2D eigenvalue weighted by Gasteiger charge is 2.46. The summed E-state index contributed by atoms with van der Waals surface area (Å²) in [4.78, 5) is 36.9. The highest BCUT2D eigenvalue weighted by Crippen LogP contribution is 2.41. The lowest BCUT2D eigenvalue weighted by Crippen LogP contribution is -2.61. The van der Waals surface area contributed by atoms with E-state index in [1.54, 1.807) is 17.0 Å². The number of hydrogen-bond acceptors (Lipinski definition) is 7. The predicted octanol–water partition coefficient (Wildman–Crippen LogP) is 4.18. The van der Waals surface area contributed by atoms with E-state index in [2.05, 4.69) is 21.8 Å². The minimum absolute atomic E-state index is 0.0461. The number of fused-ring (bicyclic) bond motifs is 1. The maximum absolute atomic E-state index is 15.3. The molecule has 0 unspecified atom stereocenters. The molecule has 2 aromatic rings. The van der Waals surface area contributed by atoms with Crippen LogP contribution in [0.2, 0.25) is 0 Å². The van der Waals surface area contributed by atoms with Crippen molar-refractivity contribution in [3.8, 4) is 6.07 Å². The minimum Gasteiger partial charge on any atom is -0.366 e. The third-order valence-electron chi connectivity index (χ3n) is 8.98. The molecule has 3 aliphatic heterocycles. The standard InChI is InChI=1S/C31H35F4N7O2/c1-4-26(43)42-18-30(19-42)9-12-40(13-10-30)14-15-41-11-8-24(29(44)39(3)25-7-5-6-23(32)27(25)41)38-28-21(17-36)22(31(33,34)35)16-20(2)37-28/h4-7,16,24H,1,8-15,18-19H2,2-3H3,(H,37,38)/t24-/m0/s1. The Hall–Kier alpha value is -4.18. The maximum Gasteiger partial charge on any atom is 0.417 e. The fourth-order valence-corrected chi connectivity index (χ4v) is 6.47. The smallest absolute Gasteiger partial charge is 0.366 e. The number of nitrogens with one attached hydrogen (secondary N) is 1. The van der Waals surface area contributed by atoms with Gasteiger partial charge in [-0.15, -0.1) is 0 Å². The normalized spacial score (nSPS) is 20.3. The summed E-state index contributed by atoms with van der Waals surface area (Å²) in [6.07, 6.45) is -1.40. The van der Waals surface area contributed by atoms with Gasteiger partial charge in [0.1, 0.15) is 29.3 Å². The molecule has 9 nitrogen and oxygen atoms in total. The second-order valence-electron chi connectivity index (χ2n) is 11.9. The number of hydrogen-bond donors (Lipinski definition) is 1. The lowest BCUT2D eigenvalue weighted by Gasteiger charge is -2.54. The van der Waals surface area contributed by atoms with Crippen molar-refractivity contribution in [2.75, 3.05) is 68.0 Å². The molecule has 5 rings (SSSR count). The third kappa shape index (κ3) is 6.08. The van der Waals surface area contributed by atoms with Gasteiger partial charge in [0.05, 0.1) is 16.9 Å². The Bertz CT molecular complexity index is 1490. The number of para-hydroxylation sites is 1. The van der Waals surface area contributed by atoms with E-state index < -0.39 is 35.1 Å². The van der Waals surface area contributed by atoms with Crippen LogP contribution in [0, 0.1) is 29.5 Å². The molecule has 0 bridgehead atoms. The molecule has 0 saturated carbocycles.